The quantitative estimate of drug-likeness (QED) is 0.472. The van der Waals surface area contributed by atoms with Crippen molar-refractivity contribution in [3.05, 3.63) is 10.6 Å². The van der Waals surface area contributed by atoms with E-state index in [0.29, 0.717) is 17.9 Å². The first-order chi connectivity index (χ1) is 14.8. The third-order valence-electron chi connectivity index (χ3n) is 6.07. The van der Waals surface area contributed by atoms with Gasteiger partial charge in [-0.25, -0.2) is 4.79 Å². The molecule has 0 aromatic heterocycles. The monoisotopic (exact) mass is 478 g/mol. The van der Waals surface area contributed by atoms with Crippen LogP contribution in [-0.2, 0) is 19.2 Å². The smallest absolute Gasteiger partial charge is 0.471 e. The van der Waals surface area contributed by atoms with E-state index in [1.165, 1.54) is 23.6 Å². The molecule has 3 aliphatic rings. The van der Waals surface area contributed by atoms with Crippen LogP contribution >= 0.6 is 11.8 Å². The molecule has 6 atom stereocenters. The Hall–Kier alpha value is -2.28. The van der Waals surface area contributed by atoms with Gasteiger partial charge in [0.2, 0.25) is 11.8 Å². The van der Waals surface area contributed by atoms with Crippen molar-refractivity contribution in [2.24, 2.45) is 11.8 Å². The van der Waals surface area contributed by atoms with Crippen molar-refractivity contribution in [3.63, 3.8) is 0 Å². The highest BCUT2D eigenvalue weighted by atomic mass is 32.2. The van der Waals surface area contributed by atoms with E-state index in [2.05, 4.69) is 5.32 Å². The second kappa shape index (κ2) is 8.58. The van der Waals surface area contributed by atoms with Gasteiger partial charge in [0.1, 0.15) is 5.70 Å². The maximum absolute atomic E-state index is 12.7. The van der Waals surface area contributed by atoms with Gasteiger partial charge in [0.15, 0.2) is 0 Å². The molecule has 3 aliphatic heterocycles. The summed E-state index contributed by atoms with van der Waals surface area (Å²) in [6.45, 7) is 3.50. The third kappa shape index (κ3) is 4.19. The van der Waals surface area contributed by atoms with Gasteiger partial charge in [0.25, 0.3) is 0 Å². The SMILES string of the molecule is C[C@@H](NC(=O)C(F)(F)F)[C@H]1C(=O)N2C(C(=O)O)=C(S[C@@H]3CN[C@H](C(=O)N(C)C)C3)[C@H](C)[C@H]12. The van der Waals surface area contributed by atoms with Crippen molar-refractivity contribution in [2.75, 3.05) is 20.6 Å². The molecule has 32 heavy (non-hydrogen) atoms. The Morgan fingerprint density at radius 3 is 2.47 bits per heavy atom. The summed E-state index contributed by atoms with van der Waals surface area (Å²) < 4.78 is 37.8. The lowest BCUT2D eigenvalue weighted by Gasteiger charge is -2.47. The molecule has 3 heterocycles. The first-order valence-electron chi connectivity index (χ1n) is 10.0. The molecule has 0 saturated carbocycles. The molecule has 0 aromatic rings. The molecule has 0 spiro atoms. The molecule has 0 aliphatic carbocycles. The van der Waals surface area contributed by atoms with E-state index in [1.807, 2.05) is 5.32 Å². The maximum atomic E-state index is 12.7. The van der Waals surface area contributed by atoms with Gasteiger partial charge in [-0.05, 0) is 13.3 Å². The minimum Gasteiger partial charge on any atom is -0.477 e. The number of likely N-dealkylation sites (N-methyl/N-ethyl adjacent to an activating group) is 1. The number of carbonyl (C=O) groups is 4. The Kier molecular flexibility index (Phi) is 6.53. The second-order valence-electron chi connectivity index (χ2n) is 8.46. The summed E-state index contributed by atoms with van der Waals surface area (Å²) in [6.07, 6.45) is -4.60. The Morgan fingerprint density at radius 1 is 1.31 bits per heavy atom. The molecular weight excluding hydrogens is 453 g/mol. The van der Waals surface area contributed by atoms with Gasteiger partial charge in [-0.15, -0.1) is 11.8 Å². The van der Waals surface area contributed by atoms with Crippen molar-refractivity contribution in [2.45, 2.75) is 49.8 Å². The Balaban J connectivity index is 1.75. The minimum absolute atomic E-state index is 0.0895. The summed E-state index contributed by atoms with van der Waals surface area (Å²) in [6, 6.07) is -2.17. The molecule has 3 amide bonds. The highest BCUT2D eigenvalue weighted by molar-refractivity contribution is 8.03. The summed E-state index contributed by atoms with van der Waals surface area (Å²) in [5.74, 6) is -5.57. The predicted molar refractivity (Wildman–Crippen MR) is 108 cm³/mol. The third-order valence-corrected chi connectivity index (χ3v) is 7.58. The lowest BCUT2D eigenvalue weighted by Crippen LogP contribution is -2.66. The number of nitrogens with one attached hydrogen (secondary N) is 2. The number of β-lactam (4-membered cyclic amide) rings is 1. The number of alkyl halides is 3. The predicted octanol–water partition coefficient (Wildman–Crippen LogP) is 0.378. The fourth-order valence-electron chi connectivity index (χ4n) is 4.55. The molecule has 13 heteroatoms. The van der Waals surface area contributed by atoms with E-state index in [-0.39, 0.29) is 16.9 Å². The zero-order chi connectivity index (χ0) is 24.1. The standard InChI is InChI=1S/C19H25F3N4O5S/c1-7-12-11(8(2)24-18(31)19(20,21)22)16(28)26(12)13(17(29)30)14(7)32-9-5-10(23-6-9)15(27)25(3)4/h7-12,23H,5-6H2,1-4H3,(H,24,31)(H,29,30)/t7-,8-,9+,10+,11-,12-/m1/s1. The first-order valence-corrected chi connectivity index (χ1v) is 10.9. The second-order valence-corrected chi connectivity index (χ2v) is 9.80. The zero-order valence-electron chi connectivity index (χ0n) is 17.9. The highest BCUT2D eigenvalue weighted by Crippen LogP contribution is 2.51. The van der Waals surface area contributed by atoms with E-state index in [4.69, 9.17) is 0 Å². The summed E-state index contributed by atoms with van der Waals surface area (Å²) in [5, 5.41) is 14.6. The molecule has 3 rings (SSSR count). The molecule has 0 unspecified atom stereocenters. The maximum Gasteiger partial charge on any atom is 0.471 e. The van der Waals surface area contributed by atoms with Gasteiger partial charge in [-0.3, -0.25) is 14.4 Å². The molecule has 2 saturated heterocycles. The lowest BCUT2D eigenvalue weighted by atomic mass is 9.78. The van der Waals surface area contributed by atoms with Crippen LogP contribution in [0.1, 0.15) is 20.3 Å². The molecule has 2 fully saturated rings. The van der Waals surface area contributed by atoms with Gasteiger partial charge < -0.3 is 25.5 Å². The number of hydrogen-bond acceptors (Lipinski definition) is 6. The number of carboxylic acid groups (broad SMARTS) is 1. The Labute approximate surface area is 186 Å². The van der Waals surface area contributed by atoms with Gasteiger partial charge in [-0.1, -0.05) is 6.92 Å². The summed E-state index contributed by atoms with van der Waals surface area (Å²) in [4.78, 5) is 51.2. The van der Waals surface area contributed by atoms with Crippen LogP contribution in [0.2, 0.25) is 0 Å². The topological polar surface area (TPSA) is 119 Å². The van der Waals surface area contributed by atoms with Crippen molar-refractivity contribution in [1.29, 1.82) is 0 Å². The Morgan fingerprint density at radius 2 is 1.94 bits per heavy atom. The number of halogens is 3. The van der Waals surface area contributed by atoms with Crippen LogP contribution in [-0.4, -0.2) is 88.8 Å². The number of carbonyl (C=O) groups excluding carboxylic acids is 3. The van der Waals surface area contributed by atoms with Crippen molar-refractivity contribution in [3.8, 4) is 0 Å². The summed E-state index contributed by atoms with van der Waals surface area (Å²) >= 11 is 1.28. The number of fused-ring (bicyclic) bond motifs is 1. The van der Waals surface area contributed by atoms with E-state index >= 15 is 0 Å². The normalized spacial score (nSPS) is 30.7. The minimum atomic E-state index is -5.08. The van der Waals surface area contributed by atoms with E-state index in [0.717, 1.165) is 4.90 Å². The highest BCUT2D eigenvalue weighted by Gasteiger charge is 2.61. The van der Waals surface area contributed by atoms with Crippen LogP contribution in [0.5, 0.6) is 0 Å². The van der Waals surface area contributed by atoms with Crippen molar-refractivity contribution in [1.82, 2.24) is 20.4 Å². The van der Waals surface area contributed by atoms with Crippen LogP contribution in [0.25, 0.3) is 0 Å². The number of aliphatic carboxylic acids is 1. The number of thioether (sulfide) groups is 1. The number of nitrogens with zero attached hydrogens (tertiary/aromatic N) is 2. The number of carboxylic acids is 1. The molecule has 9 nitrogen and oxygen atoms in total. The Bertz CT molecular complexity index is 878. The summed E-state index contributed by atoms with van der Waals surface area (Å²) in [5.41, 5.74) is -0.175. The van der Waals surface area contributed by atoms with Crippen LogP contribution in [0.4, 0.5) is 13.2 Å². The van der Waals surface area contributed by atoms with Crippen molar-refractivity contribution >= 4 is 35.5 Å². The zero-order valence-corrected chi connectivity index (χ0v) is 18.7. The first kappa shape index (κ1) is 24.4. The molecule has 0 aromatic carbocycles. The number of hydrogen-bond donors (Lipinski definition) is 3. The van der Waals surface area contributed by atoms with Crippen LogP contribution in [0, 0.1) is 11.8 Å². The van der Waals surface area contributed by atoms with Crippen LogP contribution < -0.4 is 10.6 Å². The van der Waals surface area contributed by atoms with E-state index in [1.54, 1.807) is 21.0 Å². The van der Waals surface area contributed by atoms with Gasteiger partial charge in [-0.2, -0.15) is 13.2 Å². The molecule has 0 bridgehead atoms. The lowest BCUT2D eigenvalue weighted by molar-refractivity contribution is -0.176. The van der Waals surface area contributed by atoms with Gasteiger partial charge in [0, 0.05) is 42.8 Å². The van der Waals surface area contributed by atoms with E-state index in [9.17, 15) is 37.5 Å². The molecule has 178 valence electrons. The van der Waals surface area contributed by atoms with Gasteiger partial charge >= 0.3 is 18.1 Å². The van der Waals surface area contributed by atoms with Gasteiger partial charge in [0.05, 0.1) is 18.0 Å². The fourth-order valence-corrected chi connectivity index (χ4v) is 6.03. The van der Waals surface area contributed by atoms with Crippen molar-refractivity contribution < 1.29 is 37.5 Å². The van der Waals surface area contributed by atoms with E-state index < -0.39 is 53.9 Å². The average molecular weight is 478 g/mol. The average Bonchev–Trinajstić information content (AvgIpc) is 3.22. The largest absolute Gasteiger partial charge is 0.477 e. The number of amides is 3. The molecule has 3 N–H and O–H groups in total. The van der Waals surface area contributed by atoms with Crippen LogP contribution in [0.3, 0.4) is 0 Å². The fraction of sp³-hybridized carbons (Fsp3) is 0.684. The molecule has 0 radical (unpaired) electrons. The molecular formula is C19H25F3N4O5S. The summed E-state index contributed by atoms with van der Waals surface area (Å²) in [7, 11) is 3.29. The number of rotatable bonds is 6. The van der Waals surface area contributed by atoms with Crippen LogP contribution in [0.15, 0.2) is 10.6 Å².